The number of para-hydroxylation sites is 4. The van der Waals surface area contributed by atoms with Crippen molar-refractivity contribution in [3.8, 4) is 50.2 Å². The van der Waals surface area contributed by atoms with E-state index in [0.29, 0.717) is 0 Å². The number of fused-ring (bicyclic) bond motifs is 9. The predicted molar refractivity (Wildman–Crippen MR) is 292 cm³/mol. The van der Waals surface area contributed by atoms with E-state index < -0.39 is 0 Å². The summed E-state index contributed by atoms with van der Waals surface area (Å²) < 4.78 is 15.2. The van der Waals surface area contributed by atoms with E-state index >= 15 is 0 Å². The van der Waals surface area contributed by atoms with Crippen molar-refractivity contribution >= 4 is 82.7 Å². The molecule has 3 aromatic heterocycles. The Morgan fingerprint density at radius 2 is 0.729 bits per heavy atom. The normalized spacial score (nSPS) is 11.7. The number of hydrogen-bond acceptors (Lipinski definition) is 3. The van der Waals surface area contributed by atoms with Gasteiger partial charge in [0.05, 0.1) is 10.9 Å². The standard InChI is InChI=1S/C66H42N2O2/c1-2-15-49(16-3-1)68-65-56(22-11-23-59(65)64-58-19-7-9-25-61(58)70-66(64)68)48-35-41-52(42-36-48)67(51-39-33-46(34-40-51)54-20-10-14-45-13-4-5-17-53(45)54)50-37-31-44(32-38-50)43-27-29-47(30-28-43)55-21-12-26-62-63(55)57-18-6-8-24-60(57)69-62/h1-42H. The molecule has 0 fully saturated rings. The zero-order valence-corrected chi connectivity index (χ0v) is 38.0. The summed E-state index contributed by atoms with van der Waals surface area (Å²) >= 11 is 0. The van der Waals surface area contributed by atoms with Gasteiger partial charge in [0.2, 0.25) is 5.71 Å². The van der Waals surface area contributed by atoms with Crippen LogP contribution in [0, 0.1) is 0 Å². The predicted octanol–water partition coefficient (Wildman–Crippen LogP) is 18.7. The third-order valence-corrected chi connectivity index (χ3v) is 14.0. The van der Waals surface area contributed by atoms with Gasteiger partial charge in [-0.05, 0) is 116 Å². The van der Waals surface area contributed by atoms with Crippen molar-refractivity contribution in [2.24, 2.45) is 0 Å². The van der Waals surface area contributed by atoms with Crippen LogP contribution in [0.25, 0.3) is 116 Å². The van der Waals surface area contributed by atoms with Crippen LogP contribution in [0.1, 0.15) is 0 Å². The summed E-state index contributed by atoms with van der Waals surface area (Å²) in [7, 11) is 0. The van der Waals surface area contributed by atoms with E-state index in [2.05, 4.69) is 246 Å². The number of anilines is 3. The first-order chi connectivity index (χ1) is 34.7. The lowest BCUT2D eigenvalue weighted by Crippen LogP contribution is -2.09. The molecule has 4 heteroatoms. The lowest BCUT2D eigenvalue weighted by Gasteiger charge is -2.26. The number of furan rings is 2. The summed E-state index contributed by atoms with van der Waals surface area (Å²) in [5.74, 6) is 0. The van der Waals surface area contributed by atoms with E-state index in [-0.39, 0.29) is 0 Å². The molecule has 0 saturated carbocycles. The Kier molecular flexibility index (Phi) is 9.17. The summed E-state index contributed by atoms with van der Waals surface area (Å²) in [6.45, 7) is 0. The number of nitrogens with zero attached hydrogens (tertiary/aromatic N) is 2. The highest BCUT2D eigenvalue weighted by Crippen LogP contribution is 2.45. The van der Waals surface area contributed by atoms with Crippen molar-refractivity contribution in [3.63, 3.8) is 0 Å². The molecular formula is C66H42N2O2. The molecule has 0 atom stereocenters. The van der Waals surface area contributed by atoms with Crippen molar-refractivity contribution in [2.75, 3.05) is 4.90 Å². The first-order valence-electron chi connectivity index (χ1n) is 23.8. The van der Waals surface area contributed by atoms with Crippen LogP contribution in [0.3, 0.4) is 0 Å². The molecule has 328 valence electrons. The molecule has 0 radical (unpaired) electrons. The summed E-state index contributed by atoms with van der Waals surface area (Å²) in [5.41, 5.74) is 18.2. The van der Waals surface area contributed by atoms with Crippen molar-refractivity contribution in [3.05, 3.63) is 255 Å². The Morgan fingerprint density at radius 3 is 1.43 bits per heavy atom. The second-order valence-corrected chi connectivity index (χ2v) is 18.0. The van der Waals surface area contributed by atoms with Crippen molar-refractivity contribution in [1.82, 2.24) is 4.57 Å². The van der Waals surface area contributed by atoms with Crippen molar-refractivity contribution in [2.45, 2.75) is 0 Å². The zero-order chi connectivity index (χ0) is 46.1. The zero-order valence-electron chi connectivity index (χ0n) is 38.0. The smallest absolute Gasteiger partial charge is 0.213 e. The van der Waals surface area contributed by atoms with Gasteiger partial charge >= 0.3 is 0 Å². The Hall–Kier alpha value is -9.38. The molecule has 0 spiro atoms. The van der Waals surface area contributed by atoms with Crippen LogP contribution in [0.2, 0.25) is 0 Å². The molecule has 0 aliphatic carbocycles. The van der Waals surface area contributed by atoms with Gasteiger partial charge in [-0.3, -0.25) is 4.57 Å². The summed E-state index contributed by atoms with van der Waals surface area (Å²) in [4.78, 5) is 2.35. The fourth-order valence-electron chi connectivity index (χ4n) is 10.8. The molecule has 4 nitrogen and oxygen atoms in total. The Bertz CT molecular complexity index is 4250. The quantitative estimate of drug-likeness (QED) is 0.152. The highest BCUT2D eigenvalue weighted by molar-refractivity contribution is 6.22. The van der Waals surface area contributed by atoms with Crippen LogP contribution in [-0.2, 0) is 0 Å². The topological polar surface area (TPSA) is 34.5 Å². The fourth-order valence-corrected chi connectivity index (χ4v) is 10.8. The maximum absolute atomic E-state index is 6.66. The largest absolute Gasteiger partial charge is 0.456 e. The minimum atomic E-state index is 0.851. The Morgan fingerprint density at radius 1 is 0.286 bits per heavy atom. The average molecular weight is 895 g/mol. The van der Waals surface area contributed by atoms with Gasteiger partial charge in [-0.25, -0.2) is 0 Å². The molecule has 0 saturated heterocycles. The van der Waals surface area contributed by atoms with E-state index in [1.54, 1.807) is 0 Å². The van der Waals surface area contributed by atoms with E-state index in [4.69, 9.17) is 8.83 Å². The monoisotopic (exact) mass is 894 g/mol. The van der Waals surface area contributed by atoms with E-state index in [9.17, 15) is 0 Å². The van der Waals surface area contributed by atoms with Gasteiger partial charge in [-0.15, -0.1) is 0 Å². The van der Waals surface area contributed by atoms with Crippen LogP contribution >= 0.6 is 0 Å². The van der Waals surface area contributed by atoms with Crippen molar-refractivity contribution in [1.29, 1.82) is 0 Å². The molecule has 14 aromatic rings. The lowest BCUT2D eigenvalue weighted by molar-refractivity contribution is 0.645. The minimum absolute atomic E-state index is 0.851. The third-order valence-electron chi connectivity index (χ3n) is 14.0. The van der Waals surface area contributed by atoms with Crippen molar-refractivity contribution < 1.29 is 8.83 Å². The molecule has 70 heavy (non-hydrogen) atoms. The van der Waals surface area contributed by atoms with Gasteiger partial charge in [0.1, 0.15) is 16.7 Å². The van der Waals surface area contributed by atoms with Crippen LogP contribution < -0.4 is 4.90 Å². The highest BCUT2D eigenvalue weighted by atomic mass is 16.3. The minimum Gasteiger partial charge on any atom is -0.456 e. The van der Waals surface area contributed by atoms with Crippen LogP contribution in [0.5, 0.6) is 0 Å². The molecule has 0 N–H and O–H groups in total. The summed E-state index contributed by atoms with van der Waals surface area (Å²) in [5, 5.41) is 8.18. The van der Waals surface area contributed by atoms with Gasteiger partial charge in [0, 0.05) is 49.9 Å². The molecule has 0 aliphatic rings. The van der Waals surface area contributed by atoms with Crippen LogP contribution in [0.15, 0.2) is 264 Å². The fraction of sp³-hybridized carbons (Fsp3) is 0. The molecule has 0 bridgehead atoms. The van der Waals surface area contributed by atoms with Gasteiger partial charge in [-0.1, -0.05) is 188 Å². The second kappa shape index (κ2) is 16.2. The molecule has 0 amide bonds. The van der Waals surface area contributed by atoms with E-state index in [0.717, 1.165) is 105 Å². The highest BCUT2D eigenvalue weighted by Gasteiger charge is 2.23. The molecular weight excluding hydrogens is 853 g/mol. The number of aromatic nitrogens is 1. The Balaban J connectivity index is 0.853. The lowest BCUT2D eigenvalue weighted by atomic mass is 9.96. The van der Waals surface area contributed by atoms with Gasteiger partial charge < -0.3 is 13.7 Å². The SMILES string of the molecule is c1ccc(-n2c3oc4ccccc4c3c3cccc(-c4ccc(N(c5ccc(-c6ccc(-c7cccc8oc9ccccc9c78)cc6)cc5)c5ccc(-c6cccc7ccccc67)cc5)cc4)c32)cc1. The first kappa shape index (κ1) is 39.8. The maximum Gasteiger partial charge on any atom is 0.213 e. The Labute approximate surface area is 404 Å². The third kappa shape index (κ3) is 6.46. The average Bonchev–Trinajstić information content (AvgIpc) is 4.11. The van der Waals surface area contributed by atoms with Crippen LogP contribution in [0.4, 0.5) is 17.1 Å². The number of hydrogen-bond donors (Lipinski definition) is 0. The second-order valence-electron chi connectivity index (χ2n) is 18.0. The summed E-state index contributed by atoms with van der Waals surface area (Å²) in [6, 6.07) is 91.1. The summed E-state index contributed by atoms with van der Waals surface area (Å²) in [6.07, 6.45) is 0. The number of benzene rings is 11. The van der Waals surface area contributed by atoms with Gasteiger partial charge in [0.25, 0.3) is 0 Å². The molecule has 11 aromatic carbocycles. The molecule has 0 unspecified atom stereocenters. The molecule has 14 rings (SSSR count). The van der Waals surface area contributed by atoms with Crippen LogP contribution in [-0.4, -0.2) is 4.57 Å². The maximum atomic E-state index is 6.66. The van der Waals surface area contributed by atoms with E-state index in [1.807, 2.05) is 18.2 Å². The van der Waals surface area contributed by atoms with Gasteiger partial charge in [0.15, 0.2) is 0 Å². The first-order valence-corrected chi connectivity index (χ1v) is 23.8. The molecule has 0 aliphatic heterocycles. The molecule has 3 heterocycles. The number of rotatable bonds is 8. The van der Waals surface area contributed by atoms with Gasteiger partial charge in [-0.2, -0.15) is 0 Å². The van der Waals surface area contributed by atoms with E-state index in [1.165, 1.54) is 27.5 Å².